The van der Waals surface area contributed by atoms with E-state index in [-0.39, 0.29) is 11.8 Å². The molecular weight excluding hydrogens is 500 g/mol. The number of imidazole rings is 1. The zero-order valence-electron chi connectivity index (χ0n) is 22.1. The largest absolute Gasteiger partial charge is 0.495 e. The first-order valence-electron chi connectivity index (χ1n) is 13.0. The van der Waals surface area contributed by atoms with E-state index in [4.69, 9.17) is 21.2 Å². The van der Waals surface area contributed by atoms with Crippen LogP contribution in [-0.2, 0) is 16.1 Å². The Labute approximate surface area is 228 Å². The van der Waals surface area contributed by atoms with Crippen LogP contribution in [0.15, 0.2) is 59.7 Å². The SMILES string of the molecule is COc1cc(/C=C2\CCCN3C2=NOC[C@@H]3CCC(=O)Cc2ccc(C)cc2Cl)ccc1-n1cnc(C)c1. The van der Waals surface area contributed by atoms with Crippen LogP contribution in [0.3, 0.4) is 0 Å². The van der Waals surface area contributed by atoms with Gasteiger partial charge in [-0.15, -0.1) is 0 Å². The van der Waals surface area contributed by atoms with Gasteiger partial charge in [0.2, 0.25) is 0 Å². The fourth-order valence-electron chi connectivity index (χ4n) is 5.13. The topological polar surface area (TPSA) is 69.0 Å². The smallest absolute Gasteiger partial charge is 0.171 e. The predicted octanol–water partition coefficient (Wildman–Crippen LogP) is 5.93. The molecule has 0 amide bonds. The summed E-state index contributed by atoms with van der Waals surface area (Å²) in [6.07, 6.45) is 9.43. The molecule has 3 aromatic rings. The molecule has 8 heteroatoms. The van der Waals surface area contributed by atoms with Crippen molar-refractivity contribution in [2.45, 2.75) is 52.0 Å². The number of oxime groups is 1. The van der Waals surface area contributed by atoms with Crippen molar-refractivity contribution in [3.05, 3.63) is 81.9 Å². The van der Waals surface area contributed by atoms with E-state index in [1.807, 2.05) is 54.9 Å². The Morgan fingerprint density at radius 2 is 2.11 bits per heavy atom. The summed E-state index contributed by atoms with van der Waals surface area (Å²) in [7, 11) is 1.68. The molecule has 1 saturated heterocycles. The maximum absolute atomic E-state index is 12.8. The van der Waals surface area contributed by atoms with Crippen molar-refractivity contribution in [2.24, 2.45) is 5.16 Å². The molecule has 0 N–H and O–H groups in total. The van der Waals surface area contributed by atoms with Gasteiger partial charge >= 0.3 is 0 Å². The number of carbonyl (C=O) groups excluding carboxylic acids is 1. The number of benzene rings is 2. The molecule has 0 saturated carbocycles. The first kappa shape index (κ1) is 26.0. The molecule has 7 nitrogen and oxygen atoms in total. The van der Waals surface area contributed by atoms with Crippen molar-refractivity contribution in [1.82, 2.24) is 14.5 Å². The molecule has 2 aromatic carbocycles. The third-order valence-electron chi connectivity index (χ3n) is 7.15. The predicted molar refractivity (Wildman–Crippen MR) is 150 cm³/mol. The highest BCUT2D eigenvalue weighted by atomic mass is 35.5. The van der Waals surface area contributed by atoms with Crippen molar-refractivity contribution in [3.8, 4) is 11.4 Å². The van der Waals surface area contributed by atoms with Crippen LogP contribution in [0.25, 0.3) is 11.8 Å². The molecule has 0 unspecified atom stereocenters. The van der Waals surface area contributed by atoms with Gasteiger partial charge in [-0.3, -0.25) is 4.79 Å². The van der Waals surface area contributed by atoms with E-state index < -0.39 is 0 Å². The summed E-state index contributed by atoms with van der Waals surface area (Å²) in [4.78, 5) is 25.1. The summed E-state index contributed by atoms with van der Waals surface area (Å²) in [6, 6.07) is 12.1. The molecule has 2 aliphatic rings. The lowest BCUT2D eigenvalue weighted by Crippen LogP contribution is -2.49. The van der Waals surface area contributed by atoms with Crippen molar-refractivity contribution in [1.29, 1.82) is 0 Å². The molecule has 2 aliphatic heterocycles. The molecule has 0 aliphatic carbocycles. The van der Waals surface area contributed by atoms with Gasteiger partial charge in [0.05, 0.1) is 30.9 Å². The summed E-state index contributed by atoms with van der Waals surface area (Å²) in [5, 5.41) is 5.09. The second kappa shape index (κ2) is 11.4. The minimum absolute atomic E-state index is 0.116. The monoisotopic (exact) mass is 532 g/mol. The number of methoxy groups -OCH3 is 1. The third kappa shape index (κ3) is 5.78. The Hall–Kier alpha value is -3.58. The number of hydrogen-bond acceptors (Lipinski definition) is 6. The lowest BCUT2D eigenvalue weighted by molar-refractivity contribution is -0.118. The molecule has 38 heavy (non-hydrogen) atoms. The maximum Gasteiger partial charge on any atom is 0.171 e. The average Bonchev–Trinajstić information content (AvgIpc) is 3.35. The van der Waals surface area contributed by atoms with E-state index >= 15 is 0 Å². The number of ether oxygens (including phenoxy) is 1. The highest BCUT2D eigenvalue weighted by Crippen LogP contribution is 2.30. The molecule has 1 atom stereocenters. The van der Waals surface area contributed by atoms with Crippen molar-refractivity contribution < 1.29 is 14.4 Å². The molecule has 0 spiro atoms. The van der Waals surface area contributed by atoms with Crippen LogP contribution in [0.2, 0.25) is 5.02 Å². The van der Waals surface area contributed by atoms with E-state index in [9.17, 15) is 4.79 Å². The zero-order valence-corrected chi connectivity index (χ0v) is 22.9. The molecular formula is C30H33ClN4O3. The molecule has 0 bridgehead atoms. The molecule has 5 rings (SSSR count). The standard InChI is InChI=1S/C30H33ClN4O3/c1-20-6-8-23(27(31)13-20)16-26(36)10-9-25-18-38-33-30-24(5-4-12-35(25)30)14-22-7-11-28(29(15-22)37-3)34-17-21(2)32-19-34/h6-8,11,13-15,17,19,25H,4-5,9-10,12,16,18H2,1-3H3/b24-14+/t25-/m0/s1. The normalized spacial score (nSPS) is 18.1. The van der Waals surface area contributed by atoms with Gasteiger partial charge in [-0.05, 0) is 79.6 Å². The zero-order chi connectivity index (χ0) is 26.6. The summed E-state index contributed by atoms with van der Waals surface area (Å²) in [5.74, 6) is 1.83. The van der Waals surface area contributed by atoms with Crippen LogP contribution in [0, 0.1) is 13.8 Å². The number of ketones is 1. The van der Waals surface area contributed by atoms with Gasteiger partial charge in [0.25, 0.3) is 0 Å². The summed E-state index contributed by atoms with van der Waals surface area (Å²) < 4.78 is 7.65. The number of rotatable bonds is 8. The third-order valence-corrected chi connectivity index (χ3v) is 7.50. The Morgan fingerprint density at radius 3 is 2.87 bits per heavy atom. The lowest BCUT2D eigenvalue weighted by atomic mass is 9.96. The van der Waals surface area contributed by atoms with Gasteiger partial charge in [0, 0.05) is 30.6 Å². The highest BCUT2D eigenvalue weighted by molar-refractivity contribution is 6.31. The Bertz CT molecular complexity index is 1390. The van der Waals surface area contributed by atoms with Crippen LogP contribution in [0.1, 0.15) is 48.1 Å². The van der Waals surface area contributed by atoms with Gasteiger partial charge in [0.1, 0.15) is 18.1 Å². The number of amidine groups is 1. The molecule has 198 valence electrons. The molecule has 0 radical (unpaired) electrons. The lowest BCUT2D eigenvalue weighted by Gasteiger charge is -2.40. The number of Topliss-reactive ketones (excluding diaryl/α,β-unsaturated/α-hetero) is 1. The van der Waals surface area contributed by atoms with Gasteiger partial charge in [0.15, 0.2) is 5.84 Å². The fraction of sp³-hybridized carbons (Fsp3) is 0.367. The van der Waals surface area contributed by atoms with Gasteiger partial charge in [-0.2, -0.15) is 0 Å². The first-order chi connectivity index (χ1) is 18.4. The minimum Gasteiger partial charge on any atom is -0.495 e. The van der Waals surface area contributed by atoms with E-state index in [1.165, 1.54) is 0 Å². The number of fused-ring (bicyclic) bond motifs is 1. The van der Waals surface area contributed by atoms with Crippen molar-refractivity contribution in [3.63, 3.8) is 0 Å². The van der Waals surface area contributed by atoms with Gasteiger partial charge in [-0.1, -0.05) is 35.0 Å². The molecule has 3 heterocycles. The average molecular weight is 533 g/mol. The van der Waals surface area contributed by atoms with Gasteiger partial charge < -0.3 is 19.0 Å². The summed E-state index contributed by atoms with van der Waals surface area (Å²) >= 11 is 6.34. The maximum atomic E-state index is 12.8. The second-order valence-corrected chi connectivity index (χ2v) is 10.4. The quantitative estimate of drug-likeness (QED) is 0.359. The van der Waals surface area contributed by atoms with Crippen LogP contribution in [0.4, 0.5) is 0 Å². The molecule has 1 aromatic heterocycles. The number of aromatic nitrogens is 2. The number of halogens is 1. The number of aryl methyl sites for hydroxylation is 2. The van der Waals surface area contributed by atoms with Crippen molar-refractivity contribution in [2.75, 3.05) is 20.3 Å². The number of piperidine rings is 1. The Kier molecular flexibility index (Phi) is 7.84. The van der Waals surface area contributed by atoms with Crippen LogP contribution >= 0.6 is 11.6 Å². The second-order valence-electron chi connectivity index (χ2n) is 10.0. The van der Waals surface area contributed by atoms with Crippen LogP contribution < -0.4 is 4.74 Å². The summed E-state index contributed by atoms with van der Waals surface area (Å²) in [6.45, 7) is 5.35. The van der Waals surface area contributed by atoms with E-state index in [0.29, 0.717) is 24.5 Å². The Balaban J connectivity index is 1.27. The number of hydrogen-bond donors (Lipinski definition) is 0. The number of carbonyl (C=O) groups is 1. The van der Waals surface area contributed by atoms with Gasteiger partial charge in [-0.25, -0.2) is 4.98 Å². The fourth-order valence-corrected chi connectivity index (χ4v) is 5.44. The van der Waals surface area contributed by atoms with E-state index in [0.717, 1.165) is 71.0 Å². The first-order valence-corrected chi connectivity index (χ1v) is 13.4. The van der Waals surface area contributed by atoms with Crippen LogP contribution in [-0.4, -0.2) is 52.4 Å². The van der Waals surface area contributed by atoms with Crippen LogP contribution in [0.5, 0.6) is 5.75 Å². The van der Waals surface area contributed by atoms with E-state index in [1.54, 1.807) is 13.4 Å². The summed E-state index contributed by atoms with van der Waals surface area (Å²) in [5.41, 5.74) is 6.04. The Morgan fingerprint density at radius 1 is 1.24 bits per heavy atom. The minimum atomic E-state index is 0.116. The highest BCUT2D eigenvalue weighted by Gasteiger charge is 2.32. The number of nitrogens with zero attached hydrogens (tertiary/aromatic N) is 4. The van der Waals surface area contributed by atoms with Crippen molar-refractivity contribution >= 4 is 29.3 Å². The molecule has 1 fully saturated rings. The van der Waals surface area contributed by atoms with E-state index in [2.05, 4.69) is 27.2 Å².